The van der Waals surface area contributed by atoms with E-state index in [-0.39, 0.29) is 11.1 Å². The number of aromatic amines is 1. The van der Waals surface area contributed by atoms with E-state index in [1.807, 2.05) is 30.3 Å². The number of aromatic nitrogens is 4. The van der Waals surface area contributed by atoms with Crippen LogP contribution >= 0.6 is 0 Å². The molecule has 29 heavy (non-hydrogen) atoms. The molecule has 0 saturated carbocycles. The number of para-hydroxylation sites is 1. The minimum absolute atomic E-state index is 0.256. The maximum Gasteiger partial charge on any atom is 0.296 e. The van der Waals surface area contributed by atoms with Gasteiger partial charge in [0.1, 0.15) is 0 Å². The highest BCUT2D eigenvalue weighted by Gasteiger charge is 2.25. The first-order valence-corrected chi connectivity index (χ1v) is 8.90. The van der Waals surface area contributed by atoms with Gasteiger partial charge in [0.05, 0.1) is 39.9 Å². The lowest BCUT2D eigenvalue weighted by atomic mass is 10.1. The van der Waals surface area contributed by atoms with Crippen molar-refractivity contribution in [2.75, 3.05) is 5.32 Å². The summed E-state index contributed by atoms with van der Waals surface area (Å²) in [7, 11) is 0. The molecule has 0 radical (unpaired) electrons. The minimum Gasteiger partial charge on any atom is -0.319 e. The van der Waals surface area contributed by atoms with E-state index in [9.17, 15) is 14.4 Å². The third-order valence-corrected chi connectivity index (χ3v) is 4.62. The van der Waals surface area contributed by atoms with Crippen LogP contribution in [0.5, 0.6) is 0 Å². The van der Waals surface area contributed by atoms with E-state index in [4.69, 9.17) is 0 Å². The zero-order valence-electron chi connectivity index (χ0n) is 15.8. The Morgan fingerprint density at radius 1 is 1.07 bits per heavy atom. The first kappa shape index (κ1) is 18.3. The molecule has 0 atom stereocenters. The Labute approximate surface area is 165 Å². The molecule has 0 fully saturated rings. The molecule has 2 N–H and O–H groups in total. The van der Waals surface area contributed by atoms with Gasteiger partial charge in [0.25, 0.3) is 17.2 Å². The Kier molecular flexibility index (Phi) is 4.52. The summed E-state index contributed by atoms with van der Waals surface area (Å²) in [6.07, 6.45) is 1.31. The summed E-state index contributed by atoms with van der Waals surface area (Å²) >= 11 is 0. The number of nitrogens with one attached hydrogen (secondary N) is 2. The third kappa shape index (κ3) is 3.31. The normalized spacial score (nSPS) is 10.8. The Balaban J connectivity index is 1.64. The number of benzene rings is 2. The van der Waals surface area contributed by atoms with Crippen LogP contribution in [0.15, 0.2) is 59.7 Å². The highest BCUT2D eigenvalue weighted by molar-refractivity contribution is 6.47. The summed E-state index contributed by atoms with van der Waals surface area (Å²) < 4.78 is 1.64. The van der Waals surface area contributed by atoms with Gasteiger partial charge in [-0.1, -0.05) is 18.2 Å². The van der Waals surface area contributed by atoms with Crippen molar-refractivity contribution in [3.05, 3.63) is 82.2 Å². The van der Waals surface area contributed by atoms with E-state index in [2.05, 4.69) is 20.4 Å². The van der Waals surface area contributed by atoms with Gasteiger partial charge in [-0.2, -0.15) is 5.10 Å². The summed E-state index contributed by atoms with van der Waals surface area (Å²) in [5.41, 5.74) is 2.60. The number of H-pyrrole nitrogens is 1. The predicted molar refractivity (Wildman–Crippen MR) is 108 cm³/mol. The highest BCUT2D eigenvalue weighted by atomic mass is 16.2. The van der Waals surface area contributed by atoms with Crippen molar-refractivity contribution in [2.45, 2.75) is 13.8 Å². The standard InChI is InChI=1S/C21H17N5O3/c1-12-18(13(2)26(25-12)15-6-4-3-5-7-15)19(27)21(29)24-14-8-9-17-16(10-14)20(28)23-11-22-17/h3-11H,1-2H3,(H,24,29)(H,22,23,28). The fourth-order valence-corrected chi connectivity index (χ4v) is 3.24. The van der Waals surface area contributed by atoms with E-state index in [1.54, 1.807) is 30.7 Å². The molecule has 2 aromatic carbocycles. The van der Waals surface area contributed by atoms with E-state index in [0.717, 1.165) is 5.69 Å². The fraction of sp³-hybridized carbons (Fsp3) is 0.0952. The number of amides is 1. The predicted octanol–water partition coefficient (Wildman–Crippen LogP) is 2.55. The van der Waals surface area contributed by atoms with Gasteiger partial charge in [-0.3, -0.25) is 14.4 Å². The molecule has 8 heteroatoms. The maximum atomic E-state index is 12.8. The molecule has 4 rings (SSSR count). The zero-order chi connectivity index (χ0) is 20.5. The number of aryl methyl sites for hydroxylation is 1. The molecule has 0 aliphatic carbocycles. The lowest BCUT2D eigenvalue weighted by Gasteiger charge is -2.07. The largest absolute Gasteiger partial charge is 0.319 e. The monoisotopic (exact) mass is 387 g/mol. The second-order valence-corrected chi connectivity index (χ2v) is 6.54. The molecule has 0 spiro atoms. The molecule has 0 aliphatic rings. The van der Waals surface area contributed by atoms with Crippen molar-refractivity contribution in [1.82, 2.24) is 19.7 Å². The van der Waals surface area contributed by atoms with E-state index in [0.29, 0.717) is 28.0 Å². The van der Waals surface area contributed by atoms with Gasteiger partial charge in [0.2, 0.25) is 0 Å². The molecular formula is C21H17N5O3. The van der Waals surface area contributed by atoms with Crippen LogP contribution in [-0.2, 0) is 4.79 Å². The van der Waals surface area contributed by atoms with Gasteiger partial charge < -0.3 is 10.3 Å². The van der Waals surface area contributed by atoms with Gasteiger partial charge in [-0.25, -0.2) is 9.67 Å². The molecule has 2 heterocycles. The van der Waals surface area contributed by atoms with Crippen LogP contribution in [0, 0.1) is 13.8 Å². The van der Waals surface area contributed by atoms with Crippen LogP contribution in [0.4, 0.5) is 5.69 Å². The molecule has 4 aromatic rings. The van der Waals surface area contributed by atoms with Crippen LogP contribution < -0.4 is 10.9 Å². The van der Waals surface area contributed by atoms with E-state index >= 15 is 0 Å². The van der Waals surface area contributed by atoms with Crippen LogP contribution in [0.2, 0.25) is 0 Å². The lowest BCUT2D eigenvalue weighted by molar-refractivity contribution is -0.112. The zero-order valence-corrected chi connectivity index (χ0v) is 15.8. The van der Waals surface area contributed by atoms with Crippen molar-refractivity contribution >= 4 is 28.3 Å². The van der Waals surface area contributed by atoms with Crippen molar-refractivity contribution < 1.29 is 9.59 Å². The molecule has 8 nitrogen and oxygen atoms in total. The number of carbonyl (C=O) groups excluding carboxylic acids is 2. The van der Waals surface area contributed by atoms with Gasteiger partial charge in [-0.15, -0.1) is 0 Å². The number of rotatable bonds is 4. The van der Waals surface area contributed by atoms with Crippen LogP contribution in [0.25, 0.3) is 16.6 Å². The Hall–Kier alpha value is -4.07. The number of nitrogens with zero attached hydrogens (tertiary/aromatic N) is 3. The van der Waals surface area contributed by atoms with Crippen LogP contribution in [0.3, 0.4) is 0 Å². The topological polar surface area (TPSA) is 110 Å². The van der Waals surface area contributed by atoms with E-state index < -0.39 is 11.7 Å². The number of fused-ring (bicyclic) bond motifs is 1. The Bertz CT molecular complexity index is 1310. The van der Waals surface area contributed by atoms with Crippen molar-refractivity contribution in [1.29, 1.82) is 0 Å². The number of hydrogen-bond acceptors (Lipinski definition) is 5. The second kappa shape index (κ2) is 7.16. The SMILES string of the molecule is Cc1nn(-c2ccccc2)c(C)c1C(=O)C(=O)Nc1ccc2nc[nH]c(=O)c2c1. The quantitative estimate of drug-likeness (QED) is 0.413. The summed E-state index contributed by atoms with van der Waals surface area (Å²) in [4.78, 5) is 43.9. The summed E-state index contributed by atoms with van der Waals surface area (Å²) in [6, 6.07) is 14.1. The fourth-order valence-electron chi connectivity index (χ4n) is 3.24. The molecule has 144 valence electrons. The number of hydrogen-bond donors (Lipinski definition) is 2. The summed E-state index contributed by atoms with van der Waals surface area (Å²) in [5.74, 6) is -1.49. The first-order valence-electron chi connectivity index (χ1n) is 8.90. The lowest BCUT2D eigenvalue weighted by Crippen LogP contribution is -2.24. The maximum absolute atomic E-state index is 12.8. The average Bonchev–Trinajstić information content (AvgIpc) is 3.02. The number of ketones is 1. The Morgan fingerprint density at radius 2 is 1.83 bits per heavy atom. The molecule has 0 unspecified atom stereocenters. The minimum atomic E-state index is -0.802. The van der Waals surface area contributed by atoms with Crippen molar-refractivity contribution in [3.63, 3.8) is 0 Å². The van der Waals surface area contributed by atoms with E-state index in [1.165, 1.54) is 12.4 Å². The third-order valence-electron chi connectivity index (χ3n) is 4.62. The molecular weight excluding hydrogens is 370 g/mol. The Morgan fingerprint density at radius 3 is 2.59 bits per heavy atom. The summed E-state index contributed by atoms with van der Waals surface area (Å²) in [6.45, 7) is 3.43. The molecule has 0 saturated heterocycles. The molecule has 1 amide bonds. The first-order chi connectivity index (χ1) is 14.0. The number of anilines is 1. The number of carbonyl (C=O) groups is 2. The average molecular weight is 387 g/mol. The smallest absolute Gasteiger partial charge is 0.296 e. The van der Waals surface area contributed by atoms with Crippen molar-refractivity contribution in [2.24, 2.45) is 0 Å². The van der Waals surface area contributed by atoms with Gasteiger partial charge in [0, 0.05) is 5.69 Å². The van der Waals surface area contributed by atoms with Gasteiger partial charge >= 0.3 is 0 Å². The van der Waals surface area contributed by atoms with Crippen LogP contribution in [-0.4, -0.2) is 31.4 Å². The van der Waals surface area contributed by atoms with Gasteiger partial charge in [-0.05, 0) is 44.2 Å². The number of Topliss-reactive ketones (excluding diaryl/α,β-unsaturated/α-hetero) is 1. The summed E-state index contributed by atoms with van der Waals surface area (Å²) in [5, 5.41) is 7.28. The second-order valence-electron chi connectivity index (χ2n) is 6.54. The highest BCUT2D eigenvalue weighted by Crippen LogP contribution is 2.20. The molecule has 0 bridgehead atoms. The van der Waals surface area contributed by atoms with Crippen molar-refractivity contribution in [3.8, 4) is 5.69 Å². The molecule has 0 aliphatic heterocycles. The van der Waals surface area contributed by atoms with Crippen LogP contribution in [0.1, 0.15) is 21.7 Å². The van der Waals surface area contributed by atoms with Gasteiger partial charge in [0.15, 0.2) is 0 Å². The molecule has 2 aromatic heterocycles.